The van der Waals surface area contributed by atoms with Crippen LogP contribution in [0, 0.1) is 37.3 Å². The zero-order valence-electron chi connectivity index (χ0n) is 17.8. The number of hydrazone groups is 1. The first kappa shape index (κ1) is 22.5. The van der Waals surface area contributed by atoms with E-state index < -0.39 is 32.8 Å². The molecule has 0 saturated carbocycles. The third-order valence-corrected chi connectivity index (χ3v) is 5.33. The van der Waals surface area contributed by atoms with Crippen molar-refractivity contribution in [2.75, 3.05) is 5.01 Å². The van der Waals surface area contributed by atoms with Crippen LogP contribution in [0.5, 0.6) is 0 Å². The highest BCUT2D eigenvalue weighted by atomic mass is 16.6. The molecular weight excluding hydrogens is 444 g/mol. The molecule has 0 saturated heterocycles. The van der Waals surface area contributed by atoms with Crippen LogP contribution in [0.15, 0.2) is 77.9 Å². The summed E-state index contributed by atoms with van der Waals surface area (Å²) >= 11 is 0. The Hall–Kier alpha value is -4.71. The number of nitrogens with zero attached hydrogens (tertiary/aromatic N) is 5. The number of hydrogen-bond donors (Lipinski definition) is 1. The second-order valence-corrected chi connectivity index (χ2v) is 7.60. The highest BCUT2D eigenvalue weighted by molar-refractivity contribution is 5.84. The molecule has 0 unspecified atom stereocenters. The molecular formula is C22H18N6O6. The number of nitrogens with one attached hydrogen (secondary N) is 1. The largest absolute Gasteiger partial charge is 0.385 e. The molecule has 0 amide bonds. The number of aryl methyl sites for hydroxylation is 1. The highest BCUT2D eigenvalue weighted by Crippen LogP contribution is 2.35. The molecule has 0 radical (unpaired) electrons. The van der Waals surface area contributed by atoms with Crippen molar-refractivity contribution in [1.29, 1.82) is 0 Å². The summed E-state index contributed by atoms with van der Waals surface area (Å²) in [5, 5.41) is 43.4. The van der Waals surface area contributed by atoms with Crippen LogP contribution in [-0.4, -0.2) is 20.6 Å². The van der Waals surface area contributed by atoms with E-state index in [9.17, 15) is 30.3 Å². The fourth-order valence-electron chi connectivity index (χ4n) is 3.68. The van der Waals surface area contributed by atoms with E-state index in [2.05, 4.69) is 10.4 Å². The minimum absolute atomic E-state index is 0.154. The van der Waals surface area contributed by atoms with Gasteiger partial charge in [-0.1, -0.05) is 42.0 Å². The first-order chi connectivity index (χ1) is 16.2. The number of hydrogen-bond acceptors (Lipinski definition) is 9. The molecule has 0 spiro atoms. The van der Waals surface area contributed by atoms with Gasteiger partial charge in [0, 0.05) is 24.3 Å². The molecule has 2 atom stereocenters. The van der Waals surface area contributed by atoms with Crippen molar-refractivity contribution < 1.29 is 14.8 Å². The van der Waals surface area contributed by atoms with Gasteiger partial charge in [-0.15, -0.1) is 0 Å². The van der Waals surface area contributed by atoms with Gasteiger partial charge in [-0.25, -0.2) is 0 Å². The third-order valence-electron chi connectivity index (χ3n) is 5.33. The average molecular weight is 462 g/mol. The van der Waals surface area contributed by atoms with Crippen LogP contribution in [0.1, 0.15) is 28.9 Å². The van der Waals surface area contributed by atoms with Crippen molar-refractivity contribution in [3.05, 3.63) is 120 Å². The summed E-state index contributed by atoms with van der Waals surface area (Å²) in [5.74, 6) is -0.470. The van der Waals surface area contributed by atoms with Gasteiger partial charge in [0.05, 0.1) is 20.6 Å². The van der Waals surface area contributed by atoms with Gasteiger partial charge in [0.1, 0.15) is 6.04 Å². The SMILES string of the molecule is Cc1ccc(N2N=C([N+](=O)[O-])[C@@H](c3cccc([N+](=O)[O-])c3)N[C@H]2c2cccc([N+](=O)[O-])c2)cc1. The lowest BCUT2D eigenvalue weighted by Crippen LogP contribution is -2.48. The Kier molecular flexibility index (Phi) is 5.97. The lowest BCUT2D eigenvalue weighted by atomic mass is 10.0. The van der Waals surface area contributed by atoms with E-state index in [1.54, 1.807) is 18.2 Å². The lowest BCUT2D eigenvalue weighted by molar-refractivity contribution is -0.385. The molecule has 12 nitrogen and oxygen atoms in total. The van der Waals surface area contributed by atoms with E-state index in [1.165, 1.54) is 47.5 Å². The molecule has 1 heterocycles. The van der Waals surface area contributed by atoms with Gasteiger partial charge >= 0.3 is 5.84 Å². The number of amidine groups is 1. The Morgan fingerprint density at radius 3 is 1.91 bits per heavy atom. The standard InChI is InChI=1S/C22H18N6O6/c1-14-8-10-17(11-9-14)25-21(16-5-3-7-19(13-16)27(31)32)23-20(22(24-25)28(33)34)15-4-2-6-18(12-15)26(29)30/h2-13,20-21,23H,1H3/t20-,21-/m1/s1. The van der Waals surface area contributed by atoms with E-state index in [1.807, 2.05) is 19.1 Å². The summed E-state index contributed by atoms with van der Waals surface area (Å²) in [4.78, 5) is 32.8. The molecule has 4 rings (SSSR count). The Labute approximate surface area is 192 Å². The molecule has 0 fully saturated rings. The summed E-state index contributed by atoms with van der Waals surface area (Å²) in [6.45, 7) is 1.89. The molecule has 0 aromatic heterocycles. The number of anilines is 1. The highest BCUT2D eigenvalue weighted by Gasteiger charge is 2.42. The van der Waals surface area contributed by atoms with E-state index in [0.717, 1.165) is 5.56 Å². The van der Waals surface area contributed by atoms with Crippen LogP contribution >= 0.6 is 0 Å². The van der Waals surface area contributed by atoms with Crippen molar-refractivity contribution in [3.8, 4) is 0 Å². The van der Waals surface area contributed by atoms with E-state index in [4.69, 9.17) is 0 Å². The molecule has 3 aromatic rings. The molecule has 12 heteroatoms. The van der Waals surface area contributed by atoms with Gasteiger partial charge < -0.3 is 10.1 Å². The van der Waals surface area contributed by atoms with Gasteiger partial charge in [0.15, 0.2) is 6.17 Å². The normalized spacial score (nSPS) is 17.7. The van der Waals surface area contributed by atoms with Crippen LogP contribution in [0.3, 0.4) is 0 Å². The van der Waals surface area contributed by atoms with Crippen LogP contribution in [0.25, 0.3) is 0 Å². The van der Waals surface area contributed by atoms with Crippen molar-refractivity contribution in [3.63, 3.8) is 0 Å². The van der Waals surface area contributed by atoms with E-state index >= 15 is 0 Å². The first-order valence-corrected chi connectivity index (χ1v) is 10.1. The Balaban J connectivity index is 1.88. The van der Waals surface area contributed by atoms with Crippen LogP contribution < -0.4 is 10.3 Å². The number of benzene rings is 3. The van der Waals surface area contributed by atoms with Gasteiger partial charge in [-0.05, 0) is 35.1 Å². The molecule has 1 aliphatic heterocycles. The number of nitro groups is 3. The Morgan fingerprint density at radius 2 is 1.35 bits per heavy atom. The van der Waals surface area contributed by atoms with Gasteiger partial charge in [0.25, 0.3) is 11.4 Å². The zero-order chi connectivity index (χ0) is 24.4. The van der Waals surface area contributed by atoms with E-state index in [0.29, 0.717) is 11.3 Å². The molecule has 1 N–H and O–H groups in total. The second kappa shape index (κ2) is 9.03. The third kappa shape index (κ3) is 4.42. The summed E-state index contributed by atoms with van der Waals surface area (Å²) in [6.07, 6.45) is -0.837. The van der Waals surface area contributed by atoms with E-state index in [-0.39, 0.29) is 16.9 Å². The lowest BCUT2D eigenvalue weighted by Gasteiger charge is -2.33. The van der Waals surface area contributed by atoms with Gasteiger partial charge in [0.2, 0.25) is 0 Å². The maximum absolute atomic E-state index is 12.0. The molecule has 3 aromatic carbocycles. The summed E-state index contributed by atoms with van der Waals surface area (Å²) in [7, 11) is 0. The maximum atomic E-state index is 12.0. The van der Waals surface area contributed by atoms with Crippen LogP contribution in [-0.2, 0) is 0 Å². The quantitative estimate of drug-likeness (QED) is 0.435. The zero-order valence-corrected chi connectivity index (χ0v) is 17.8. The summed E-state index contributed by atoms with van der Waals surface area (Å²) in [5.41, 5.74) is 1.81. The van der Waals surface area contributed by atoms with Crippen molar-refractivity contribution in [2.24, 2.45) is 5.10 Å². The minimum atomic E-state index is -1.11. The average Bonchev–Trinajstić information content (AvgIpc) is 2.84. The maximum Gasteiger partial charge on any atom is 0.385 e. The van der Waals surface area contributed by atoms with Gasteiger partial charge in [-0.2, -0.15) is 5.01 Å². The predicted octanol–water partition coefficient (Wildman–Crippen LogP) is 4.25. The molecule has 0 bridgehead atoms. The summed E-state index contributed by atoms with van der Waals surface area (Å²) in [6, 6.07) is 17.3. The van der Waals surface area contributed by atoms with Crippen molar-refractivity contribution >= 4 is 22.9 Å². The van der Waals surface area contributed by atoms with Crippen LogP contribution in [0.4, 0.5) is 17.1 Å². The van der Waals surface area contributed by atoms with Crippen molar-refractivity contribution in [2.45, 2.75) is 19.1 Å². The van der Waals surface area contributed by atoms with Crippen LogP contribution in [0.2, 0.25) is 0 Å². The van der Waals surface area contributed by atoms with Gasteiger partial charge in [-0.3, -0.25) is 25.5 Å². The molecule has 172 valence electrons. The second-order valence-electron chi connectivity index (χ2n) is 7.60. The van der Waals surface area contributed by atoms with Crippen molar-refractivity contribution in [1.82, 2.24) is 5.32 Å². The topological polar surface area (TPSA) is 157 Å². The fraction of sp³-hybridized carbons (Fsp3) is 0.136. The monoisotopic (exact) mass is 462 g/mol. The molecule has 34 heavy (non-hydrogen) atoms. The Bertz CT molecular complexity index is 1310. The molecule has 1 aliphatic rings. The Morgan fingerprint density at radius 1 is 0.794 bits per heavy atom. The number of rotatable bonds is 5. The summed E-state index contributed by atoms with van der Waals surface area (Å²) < 4.78 is 0. The molecule has 0 aliphatic carbocycles. The predicted molar refractivity (Wildman–Crippen MR) is 123 cm³/mol. The number of non-ortho nitro benzene ring substituents is 2. The minimum Gasteiger partial charge on any atom is -0.358 e. The smallest absolute Gasteiger partial charge is 0.358 e. The number of nitro benzene ring substituents is 2. The first-order valence-electron chi connectivity index (χ1n) is 10.1. The fourth-order valence-corrected chi connectivity index (χ4v) is 3.68.